The zero-order chi connectivity index (χ0) is 21.1. The van der Waals surface area contributed by atoms with Crippen LogP contribution in [0.2, 0.25) is 0 Å². The molecule has 0 unspecified atom stereocenters. The summed E-state index contributed by atoms with van der Waals surface area (Å²) < 4.78 is 0. The van der Waals surface area contributed by atoms with Crippen LogP contribution in [0.5, 0.6) is 0 Å². The SMILES string of the molecule is CC(C)=CC[C@H](C)[C@H]1CC[C@H]2[C@@H]3[C@H](O)C[C@@H]4C[C@H](O)CC[C@]4(C)[C@H]3C[C@H](O)[C@]12C. The highest BCUT2D eigenvalue weighted by atomic mass is 16.3. The molecule has 0 saturated heterocycles. The Kier molecular flexibility index (Phi) is 5.75. The number of fused-ring (bicyclic) bond motifs is 5. The third kappa shape index (κ3) is 3.34. The smallest absolute Gasteiger partial charge is 0.0602 e. The van der Waals surface area contributed by atoms with Gasteiger partial charge in [-0.2, -0.15) is 0 Å². The van der Waals surface area contributed by atoms with Crippen LogP contribution in [-0.2, 0) is 0 Å². The van der Waals surface area contributed by atoms with Crippen LogP contribution in [0.3, 0.4) is 0 Å². The lowest BCUT2D eigenvalue weighted by molar-refractivity contribution is -0.206. The predicted octanol–water partition coefficient (Wildman–Crippen LogP) is 4.94. The minimum absolute atomic E-state index is 0.0750. The number of allylic oxidation sites excluding steroid dienone is 2. The first-order chi connectivity index (χ1) is 13.6. The van der Waals surface area contributed by atoms with Crippen molar-refractivity contribution in [2.24, 2.45) is 46.3 Å². The first-order valence-electron chi connectivity index (χ1n) is 12.3. The normalized spacial score (nSPS) is 52.8. The predicted molar refractivity (Wildman–Crippen MR) is 117 cm³/mol. The molecule has 3 heteroatoms. The van der Waals surface area contributed by atoms with E-state index in [-0.39, 0.29) is 29.1 Å². The Balaban J connectivity index is 1.62. The molecule has 0 aromatic carbocycles. The van der Waals surface area contributed by atoms with Crippen LogP contribution in [-0.4, -0.2) is 33.6 Å². The maximum atomic E-state index is 11.6. The molecule has 4 aliphatic rings. The van der Waals surface area contributed by atoms with Gasteiger partial charge >= 0.3 is 0 Å². The van der Waals surface area contributed by atoms with Crippen LogP contribution in [0.1, 0.15) is 86.0 Å². The van der Waals surface area contributed by atoms with Crippen molar-refractivity contribution in [3.8, 4) is 0 Å². The summed E-state index contributed by atoms with van der Waals surface area (Å²) in [7, 11) is 0. The van der Waals surface area contributed by atoms with Gasteiger partial charge in [-0.05, 0) is 112 Å². The summed E-state index contributed by atoms with van der Waals surface area (Å²) in [5.41, 5.74) is 1.47. The summed E-state index contributed by atoms with van der Waals surface area (Å²) in [5.74, 6) is 2.64. The van der Waals surface area contributed by atoms with Crippen molar-refractivity contribution in [2.45, 2.75) is 104 Å². The summed E-state index contributed by atoms with van der Waals surface area (Å²) in [6.07, 6.45) is 9.47. The summed E-state index contributed by atoms with van der Waals surface area (Å²) in [6.45, 7) is 11.5. The number of aliphatic hydroxyl groups excluding tert-OH is 3. The Bertz CT molecular complexity index is 640. The van der Waals surface area contributed by atoms with E-state index in [0.717, 1.165) is 44.9 Å². The van der Waals surface area contributed by atoms with Gasteiger partial charge in [-0.1, -0.05) is 32.4 Å². The molecule has 0 bridgehead atoms. The lowest BCUT2D eigenvalue weighted by Gasteiger charge is -2.63. The van der Waals surface area contributed by atoms with Crippen molar-refractivity contribution < 1.29 is 15.3 Å². The van der Waals surface area contributed by atoms with E-state index < -0.39 is 0 Å². The summed E-state index contributed by atoms with van der Waals surface area (Å²) in [4.78, 5) is 0. The molecule has 0 aromatic heterocycles. The molecular weight excluding hydrogens is 360 g/mol. The molecule has 0 amide bonds. The summed E-state index contributed by atoms with van der Waals surface area (Å²) in [5, 5.41) is 33.1. The molecule has 0 aromatic rings. The van der Waals surface area contributed by atoms with Crippen molar-refractivity contribution in [3.63, 3.8) is 0 Å². The van der Waals surface area contributed by atoms with Gasteiger partial charge < -0.3 is 15.3 Å². The van der Waals surface area contributed by atoms with Gasteiger partial charge in [-0.15, -0.1) is 0 Å². The zero-order valence-electron chi connectivity index (χ0n) is 19.3. The van der Waals surface area contributed by atoms with E-state index in [1.54, 1.807) is 0 Å². The molecule has 166 valence electrons. The fraction of sp³-hybridized carbons (Fsp3) is 0.923. The molecule has 0 spiro atoms. The monoisotopic (exact) mass is 404 g/mol. The Labute approximate surface area is 178 Å². The second-order valence-electron chi connectivity index (χ2n) is 12.0. The maximum absolute atomic E-state index is 11.6. The first kappa shape index (κ1) is 21.8. The van der Waals surface area contributed by atoms with Gasteiger partial charge in [-0.3, -0.25) is 0 Å². The van der Waals surface area contributed by atoms with Crippen molar-refractivity contribution in [1.29, 1.82) is 0 Å². The number of hydrogen-bond donors (Lipinski definition) is 3. The van der Waals surface area contributed by atoms with Crippen LogP contribution >= 0.6 is 0 Å². The van der Waals surface area contributed by atoms with E-state index in [4.69, 9.17) is 0 Å². The molecule has 3 nitrogen and oxygen atoms in total. The van der Waals surface area contributed by atoms with Crippen molar-refractivity contribution >= 4 is 0 Å². The van der Waals surface area contributed by atoms with Crippen LogP contribution in [0.4, 0.5) is 0 Å². The van der Waals surface area contributed by atoms with Gasteiger partial charge in [0.25, 0.3) is 0 Å². The van der Waals surface area contributed by atoms with Gasteiger partial charge in [0.1, 0.15) is 0 Å². The molecule has 29 heavy (non-hydrogen) atoms. The van der Waals surface area contributed by atoms with E-state index >= 15 is 0 Å². The van der Waals surface area contributed by atoms with Gasteiger partial charge in [0.2, 0.25) is 0 Å². The molecule has 0 radical (unpaired) electrons. The van der Waals surface area contributed by atoms with Crippen LogP contribution < -0.4 is 0 Å². The highest BCUT2D eigenvalue weighted by Crippen LogP contribution is 2.68. The topological polar surface area (TPSA) is 60.7 Å². The third-order valence-electron chi connectivity index (χ3n) is 10.4. The van der Waals surface area contributed by atoms with E-state index in [9.17, 15) is 15.3 Å². The molecular formula is C26H44O3. The number of rotatable bonds is 3. The van der Waals surface area contributed by atoms with Gasteiger partial charge in [0.05, 0.1) is 18.3 Å². The molecule has 3 N–H and O–H groups in total. The maximum Gasteiger partial charge on any atom is 0.0602 e. The standard InChI is InChI=1S/C26H44O3/c1-15(2)6-7-16(3)19-8-9-20-24-21(14-23(29)26(19,20)5)25(4)11-10-18(27)12-17(25)13-22(24)28/h6,16-24,27-29H,7-14H2,1-5H3/t16-,17-,18+,19+,20-,21-,22+,23-,24-,25-,26+/m0/s1. The van der Waals surface area contributed by atoms with E-state index in [2.05, 4.69) is 40.7 Å². The van der Waals surface area contributed by atoms with E-state index in [0.29, 0.717) is 35.5 Å². The molecule has 4 fully saturated rings. The zero-order valence-corrected chi connectivity index (χ0v) is 19.3. The summed E-state index contributed by atoms with van der Waals surface area (Å²) >= 11 is 0. The first-order valence-corrected chi connectivity index (χ1v) is 12.3. The van der Waals surface area contributed by atoms with Crippen LogP contribution in [0.15, 0.2) is 11.6 Å². The molecule has 4 saturated carbocycles. The van der Waals surface area contributed by atoms with Gasteiger partial charge in [0.15, 0.2) is 0 Å². The Morgan fingerprint density at radius 1 is 1.00 bits per heavy atom. The second kappa shape index (κ2) is 7.64. The largest absolute Gasteiger partial charge is 0.393 e. The van der Waals surface area contributed by atoms with Crippen LogP contribution in [0, 0.1) is 46.3 Å². The van der Waals surface area contributed by atoms with Crippen molar-refractivity contribution in [1.82, 2.24) is 0 Å². The quantitative estimate of drug-likeness (QED) is 0.584. The molecule has 0 aliphatic heterocycles. The van der Waals surface area contributed by atoms with Crippen LogP contribution in [0.25, 0.3) is 0 Å². The lowest BCUT2D eigenvalue weighted by Crippen LogP contribution is -2.62. The van der Waals surface area contributed by atoms with E-state index in [1.165, 1.54) is 12.0 Å². The van der Waals surface area contributed by atoms with Crippen molar-refractivity contribution in [2.75, 3.05) is 0 Å². The third-order valence-corrected chi connectivity index (χ3v) is 10.4. The Hall–Kier alpha value is -0.380. The molecule has 11 atom stereocenters. The van der Waals surface area contributed by atoms with E-state index in [1.807, 2.05) is 0 Å². The fourth-order valence-electron chi connectivity index (χ4n) is 8.72. The Morgan fingerprint density at radius 2 is 1.72 bits per heavy atom. The molecule has 0 heterocycles. The highest BCUT2D eigenvalue weighted by molar-refractivity contribution is 5.14. The molecule has 4 aliphatic carbocycles. The fourth-order valence-corrected chi connectivity index (χ4v) is 8.72. The molecule has 4 rings (SSSR count). The number of hydrogen-bond acceptors (Lipinski definition) is 3. The van der Waals surface area contributed by atoms with Gasteiger partial charge in [-0.25, -0.2) is 0 Å². The van der Waals surface area contributed by atoms with Crippen molar-refractivity contribution in [3.05, 3.63) is 11.6 Å². The minimum atomic E-state index is -0.273. The summed E-state index contributed by atoms with van der Waals surface area (Å²) in [6, 6.07) is 0. The number of aliphatic hydroxyl groups is 3. The average molecular weight is 405 g/mol. The lowest BCUT2D eigenvalue weighted by atomic mass is 9.43. The highest BCUT2D eigenvalue weighted by Gasteiger charge is 2.65. The second-order valence-corrected chi connectivity index (χ2v) is 12.0. The Morgan fingerprint density at radius 3 is 2.41 bits per heavy atom. The average Bonchev–Trinajstić information content (AvgIpc) is 3.01. The minimum Gasteiger partial charge on any atom is -0.393 e. The van der Waals surface area contributed by atoms with Gasteiger partial charge in [0, 0.05) is 0 Å².